The molecule has 1 aromatic carbocycles. The van der Waals surface area contributed by atoms with Crippen LogP contribution in [0.1, 0.15) is 26.7 Å². The fourth-order valence-electron chi connectivity index (χ4n) is 1.67. The standard InChI is InChI=1S/C14H22N2O3/c1-3-18-13-9-11(15)8-12(10-13)16-7-5-6-14(17)19-4-2/h8-10,16H,3-7,15H2,1-2H3. The molecule has 0 fully saturated rings. The van der Waals surface area contributed by atoms with Crippen molar-refractivity contribution >= 4 is 17.3 Å². The Morgan fingerprint density at radius 2 is 2.05 bits per heavy atom. The largest absolute Gasteiger partial charge is 0.494 e. The predicted molar refractivity (Wildman–Crippen MR) is 76.4 cm³/mol. The van der Waals surface area contributed by atoms with E-state index in [0.717, 1.165) is 17.9 Å². The van der Waals surface area contributed by atoms with Crippen LogP contribution in [0.2, 0.25) is 0 Å². The Morgan fingerprint density at radius 3 is 2.74 bits per heavy atom. The van der Waals surface area contributed by atoms with E-state index in [2.05, 4.69) is 5.32 Å². The Morgan fingerprint density at radius 1 is 1.26 bits per heavy atom. The van der Waals surface area contributed by atoms with Crippen LogP contribution in [0.25, 0.3) is 0 Å². The van der Waals surface area contributed by atoms with Gasteiger partial charge in [0.05, 0.1) is 13.2 Å². The van der Waals surface area contributed by atoms with Gasteiger partial charge in [-0.2, -0.15) is 0 Å². The molecular formula is C14H22N2O3. The van der Waals surface area contributed by atoms with Crippen molar-refractivity contribution in [3.05, 3.63) is 18.2 Å². The molecule has 5 heteroatoms. The van der Waals surface area contributed by atoms with Crippen LogP contribution in [0.4, 0.5) is 11.4 Å². The zero-order chi connectivity index (χ0) is 14.1. The molecule has 3 N–H and O–H groups in total. The highest BCUT2D eigenvalue weighted by Crippen LogP contribution is 2.22. The minimum atomic E-state index is -0.160. The van der Waals surface area contributed by atoms with Gasteiger partial charge in [0, 0.05) is 36.5 Å². The molecule has 0 aliphatic heterocycles. The summed E-state index contributed by atoms with van der Waals surface area (Å²) in [6.07, 6.45) is 1.14. The summed E-state index contributed by atoms with van der Waals surface area (Å²) < 4.78 is 10.3. The first-order valence-electron chi connectivity index (χ1n) is 6.58. The first kappa shape index (κ1) is 15.1. The Bertz CT molecular complexity index is 408. The number of rotatable bonds is 8. The molecule has 5 nitrogen and oxygen atoms in total. The average Bonchev–Trinajstić information content (AvgIpc) is 2.35. The maximum Gasteiger partial charge on any atom is 0.305 e. The summed E-state index contributed by atoms with van der Waals surface area (Å²) in [4.78, 5) is 11.2. The first-order chi connectivity index (χ1) is 9.15. The molecule has 19 heavy (non-hydrogen) atoms. The van der Waals surface area contributed by atoms with Crippen molar-refractivity contribution in [3.8, 4) is 5.75 Å². The Balaban J connectivity index is 2.38. The van der Waals surface area contributed by atoms with Crippen LogP contribution < -0.4 is 15.8 Å². The van der Waals surface area contributed by atoms with Gasteiger partial charge in [-0.15, -0.1) is 0 Å². The molecule has 0 radical (unpaired) electrons. The minimum Gasteiger partial charge on any atom is -0.494 e. The van der Waals surface area contributed by atoms with Crippen LogP contribution in [0, 0.1) is 0 Å². The highest BCUT2D eigenvalue weighted by molar-refractivity contribution is 5.69. The van der Waals surface area contributed by atoms with E-state index in [4.69, 9.17) is 15.2 Å². The number of nitrogen functional groups attached to an aromatic ring is 1. The quantitative estimate of drug-likeness (QED) is 0.429. The van der Waals surface area contributed by atoms with E-state index < -0.39 is 0 Å². The van der Waals surface area contributed by atoms with Crippen LogP contribution in [0.15, 0.2) is 18.2 Å². The third-order valence-corrected chi connectivity index (χ3v) is 2.43. The number of benzene rings is 1. The summed E-state index contributed by atoms with van der Waals surface area (Å²) in [7, 11) is 0. The van der Waals surface area contributed by atoms with Crippen LogP contribution in [-0.2, 0) is 9.53 Å². The van der Waals surface area contributed by atoms with E-state index in [1.54, 1.807) is 13.0 Å². The second-order valence-corrected chi connectivity index (χ2v) is 4.06. The van der Waals surface area contributed by atoms with Crippen molar-refractivity contribution in [2.24, 2.45) is 0 Å². The highest BCUT2D eigenvalue weighted by atomic mass is 16.5. The van der Waals surface area contributed by atoms with Crippen LogP contribution in [0.3, 0.4) is 0 Å². The van der Waals surface area contributed by atoms with Crippen LogP contribution in [0.5, 0.6) is 5.75 Å². The molecule has 1 rings (SSSR count). The van der Waals surface area contributed by atoms with Gasteiger partial charge in [-0.3, -0.25) is 4.79 Å². The van der Waals surface area contributed by atoms with Gasteiger partial charge >= 0.3 is 5.97 Å². The molecule has 0 spiro atoms. The monoisotopic (exact) mass is 266 g/mol. The molecule has 0 saturated heterocycles. The molecule has 0 aromatic heterocycles. The Hall–Kier alpha value is -1.91. The number of hydrogen-bond donors (Lipinski definition) is 2. The van der Waals surface area contributed by atoms with E-state index in [0.29, 0.717) is 31.9 Å². The molecule has 0 aliphatic carbocycles. The Labute approximate surface area is 114 Å². The molecule has 0 amide bonds. The average molecular weight is 266 g/mol. The second kappa shape index (κ2) is 8.24. The van der Waals surface area contributed by atoms with E-state index in [1.165, 1.54) is 0 Å². The van der Waals surface area contributed by atoms with Crippen molar-refractivity contribution in [1.82, 2.24) is 0 Å². The van der Waals surface area contributed by atoms with Crippen molar-refractivity contribution in [2.75, 3.05) is 30.8 Å². The molecular weight excluding hydrogens is 244 g/mol. The number of nitrogens with two attached hydrogens (primary N) is 1. The smallest absolute Gasteiger partial charge is 0.305 e. The molecule has 106 valence electrons. The number of ether oxygens (including phenoxy) is 2. The SMILES string of the molecule is CCOC(=O)CCCNc1cc(N)cc(OCC)c1. The van der Waals surface area contributed by atoms with Crippen molar-refractivity contribution in [1.29, 1.82) is 0 Å². The molecule has 0 aliphatic rings. The maximum absolute atomic E-state index is 11.2. The zero-order valence-electron chi connectivity index (χ0n) is 11.6. The van der Waals surface area contributed by atoms with Gasteiger partial charge in [0.25, 0.3) is 0 Å². The number of hydrogen-bond acceptors (Lipinski definition) is 5. The summed E-state index contributed by atoms with van der Waals surface area (Å²) in [6, 6.07) is 5.52. The Kier molecular flexibility index (Phi) is 6.57. The molecule has 0 saturated carbocycles. The lowest BCUT2D eigenvalue weighted by atomic mass is 10.2. The third-order valence-electron chi connectivity index (χ3n) is 2.43. The van der Waals surface area contributed by atoms with E-state index in [9.17, 15) is 4.79 Å². The second-order valence-electron chi connectivity index (χ2n) is 4.06. The van der Waals surface area contributed by atoms with Gasteiger partial charge in [0.2, 0.25) is 0 Å². The maximum atomic E-state index is 11.2. The molecule has 0 bridgehead atoms. The summed E-state index contributed by atoms with van der Waals surface area (Å²) >= 11 is 0. The number of carbonyl (C=O) groups is 1. The lowest BCUT2D eigenvalue weighted by Gasteiger charge is -2.10. The highest BCUT2D eigenvalue weighted by Gasteiger charge is 2.02. The lowest BCUT2D eigenvalue weighted by molar-refractivity contribution is -0.143. The number of carbonyl (C=O) groups excluding carboxylic acids is 1. The van der Waals surface area contributed by atoms with E-state index in [1.807, 2.05) is 19.1 Å². The van der Waals surface area contributed by atoms with Crippen molar-refractivity contribution in [3.63, 3.8) is 0 Å². The molecule has 0 unspecified atom stereocenters. The summed E-state index contributed by atoms with van der Waals surface area (Å²) in [5, 5.41) is 3.21. The van der Waals surface area contributed by atoms with Gasteiger partial charge in [-0.05, 0) is 26.3 Å². The summed E-state index contributed by atoms with van der Waals surface area (Å²) in [5.74, 6) is 0.585. The van der Waals surface area contributed by atoms with Gasteiger partial charge in [-0.25, -0.2) is 0 Å². The first-order valence-corrected chi connectivity index (χ1v) is 6.58. The fraction of sp³-hybridized carbons (Fsp3) is 0.500. The van der Waals surface area contributed by atoms with Gasteiger partial charge in [-0.1, -0.05) is 0 Å². The van der Waals surface area contributed by atoms with Crippen molar-refractivity contribution < 1.29 is 14.3 Å². The minimum absolute atomic E-state index is 0.160. The third kappa shape index (κ3) is 5.99. The summed E-state index contributed by atoms with van der Waals surface area (Å²) in [5.41, 5.74) is 7.33. The van der Waals surface area contributed by atoms with Crippen LogP contribution in [-0.4, -0.2) is 25.7 Å². The molecule has 1 aromatic rings. The van der Waals surface area contributed by atoms with E-state index >= 15 is 0 Å². The fourth-order valence-corrected chi connectivity index (χ4v) is 1.67. The molecule has 0 atom stereocenters. The summed E-state index contributed by atoms with van der Waals surface area (Å²) in [6.45, 7) is 5.45. The number of nitrogens with one attached hydrogen (secondary N) is 1. The topological polar surface area (TPSA) is 73.6 Å². The van der Waals surface area contributed by atoms with Gasteiger partial charge in [0.15, 0.2) is 0 Å². The van der Waals surface area contributed by atoms with Crippen molar-refractivity contribution in [2.45, 2.75) is 26.7 Å². The van der Waals surface area contributed by atoms with E-state index in [-0.39, 0.29) is 5.97 Å². The van der Waals surface area contributed by atoms with Gasteiger partial charge in [0.1, 0.15) is 5.75 Å². The number of anilines is 2. The van der Waals surface area contributed by atoms with Gasteiger partial charge < -0.3 is 20.5 Å². The van der Waals surface area contributed by atoms with Crippen LogP contribution >= 0.6 is 0 Å². The zero-order valence-corrected chi connectivity index (χ0v) is 11.6. The predicted octanol–water partition coefficient (Wildman–Crippen LogP) is 2.42. The lowest BCUT2D eigenvalue weighted by Crippen LogP contribution is -2.08. The normalized spacial score (nSPS) is 10.0. The molecule has 0 heterocycles. The number of esters is 1.